The standard InChI is InChI=1S/C17H20N2O3S2/c1-12(17(20)19(2)14-9-10-24(21,22)11-14)23-16-8-7-13-5-3-4-6-15(13)18-16/h3-8,12,14H,9-11H2,1-2H3. The Balaban J connectivity index is 1.68. The summed E-state index contributed by atoms with van der Waals surface area (Å²) >= 11 is 1.40. The van der Waals surface area contributed by atoms with E-state index in [-0.39, 0.29) is 28.7 Å². The predicted molar refractivity (Wildman–Crippen MR) is 96.9 cm³/mol. The molecule has 1 fully saturated rings. The Morgan fingerprint density at radius 2 is 2.04 bits per heavy atom. The van der Waals surface area contributed by atoms with E-state index in [2.05, 4.69) is 4.98 Å². The lowest BCUT2D eigenvalue weighted by atomic mass is 10.2. The van der Waals surface area contributed by atoms with Crippen LogP contribution in [0.4, 0.5) is 0 Å². The summed E-state index contributed by atoms with van der Waals surface area (Å²) in [4.78, 5) is 18.8. The number of para-hydroxylation sites is 1. The second-order valence-corrected chi connectivity index (χ2v) is 9.70. The first kappa shape index (κ1) is 17.2. The summed E-state index contributed by atoms with van der Waals surface area (Å²) in [5.74, 6) is 0.182. The number of carbonyl (C=O) groups excluding carboxylic acids is 1. The van der Waals surface area contributed by atoms with Crippen molar-refractivity contribution in [3.05, 3.63) is 36.4 Å². The lowest BCUT2D eigenvalue weighted by Crippen LogP contribution is -2.41. The first-order chi connectivity index (χ1) is 11.4. The van der Waals surface area contributed by atoms with Crippen LogP contribution < -0.4 is 0 Å². The van der Waals surface area contributed by atoms with Gasteiger partial charge in [-0.2, -0.15) is 0 Å². The first-order valence-electron chi connectivity index (χ1n) is 7.85. The van der Waals surface area contributed by atoms with Gasteiger partial charge in [-0.05, 0) is 25.5 Å². The van der Waals surface area contributed by atoms with Crippen LogP contribution in [0.1, 0.15) is 13.3 Å². The van der Waals surface area contributed by atoms with Gasteiger partial charge in [0.1, 0.15) is 0 Å². The third-order valence-electron chi connectivity index (χ3n) is 4.32. The minimum Gasteiger partial charge on any atom is -0.341 e. The molecule has 0 radical (unpaired) electrons. The smallest absolute Gasteiger partial charge is 0.235 e. The zero-order valence-corrected chi connectivity index (χ0v) is 15.3. The number of hydrogen-bond donors (Lipinski definition) is 0. The minimum absolute atomic E-state index is 0.0583. The van der Waals surface area contributed by atoms with Crippen molar-refractivity contribution in [2.75, 3.05) is 18.6 Å². The van der Waals surface area contributed by atoms with Crippen LogP contribution in [0.15, 0.2) is 41.4 Å². The fourth-order valence-corrected chi connectivity index (χ4v) is 5.59. The summed E-state index contributed by atoms with van der Waals surface area (Å²) in [7, 11) is -1.30. The number of pyridine rings is 1. The van der Waals surface area contributed by atoms with E-state index < -0.39 is 9.84 Å². The zero-order chi connectivity index (χ0) is 17.3. The number of fused-ring (bicyclic) bond motifs is 1. The number of thioether (sulfide) groups is 1. The maximum atomic E-state index is 12.6. The van der Waals surface area contributed by atoms with Crippen molar-refractivity contribution in [1.29, 1.82) is 0 Å². The molecular formula is C17H20N2O3S2. The molecule has 1 aromatic carbocycles. The molecule has 0 N–H and O–H groups in total. The highest BCUT2D eigenvalue weighted by atomic mass is 32.2. The molecule has 2 atom stereocenters. The molecule has 5 nitrogen and oxygen atoms in total. The Labute approximate surface area is 146 Å². The molecule has 2 heterocycles. The summed E-state index contributed by atoms with van der Waals surface area (Å²) in [5, 5.41) is 1.54. The van der Waals surface area contributed by atoms with E-state index >= 15 is 0 Å². The molecule has 0 aliphatic carbocycles. The highest BCUT2D eigenvalue weighted by Gasteiger charge is 2.34. The van der Waals surface area contributed by atoms with Gasteiger partial charge in [0.2, 0.25) is 5.91 Å². The summed E-state index contributed by atoms with van der Waals surface area (Å²) in [5.41, 5.74) is 0.900. The van der Waals surface area contributed by atoms with Crippen LogP contribution in [0.5, 0.6) is 0 Å². The summed E-state index contributed by atoms with van der Waals surface area (Å²) < 4.78 is 23.2. The maximum Gasteiger partial charge on any atom is 0.235 e. The van der Waals surface area contributed by atoms with E-state index in [1.807, 2.05) is 43.3 Å². The van der Waals surface area contributed by atoms with Gasteiger partial charge in [0.25, 0.3) is 0 Å². The molecule has 0 saturated carbocycles. The average molecular weight is 364 g/mol. The minimum atomic E-state index is -3.00. The number of carbonyl (C=O) groups is 1. The number of aromatic nitrogens is 1. The molecular weight excluding hydrogens is 344 g/mol. The van der Waals surface area contributed by atoms with Crippen LogP contribution >= 0.6 is 11.8 Å². The fraction of sp³-hybridized carbons (Fsp3) is 0.412. The van der Waals surface area contributed by atoms with Gasteiger partial charge in [-0.15, -0.1) is 0 Å². The van der Waals surface area contributed by atoms with E-state index in [9.17, 15) is 13.2 Å². The lowest BCUT2D eigenvalue weighted by molar-refractivity contribution is -0.130. The van der Waals surface area contributed by atoms with Gasteiger partial charge in [0, 0.05) is 18.5 Å². The van der Waals surface area contributed by atoms with E-state index in [4.69, 9.17) is 0 Å². The largest absolute Gasteiger partial charge is 0.341 e. The third-order valence-corrected chi connectivity index (χ3v) is 7.10. The quantitative estimate of drug-likeness (QED) is 0.779. The van der Waals surface area contributed by atoms with Gasteiger partial charge in [0.15, 0.2) is 9.84 Å². The van der Waals surface area contributed by atoms with Gasteiger partial charge in [-0.1, -0.05) is 36.0 Å². The fourth-order valence-electron chi connectivity index (χ4n) is 2.89. The molecule has 0 spiro atoms. The Bertz CT molecular complexity index is 867. The first-order valence-corrected chi connectivity index (χ1v) is 10.6. The molecule has 1 saturated heterocycles. The third kappa shape index (κ3) is 3.72. The van der Waals surface area contributed by atoms with Crippen molar-refractivity contribution in [3.8, 4) is 0 Å². The topological polar surface area (TPSA) is 67.3 Å². The summed E-state index contributed by atoms with van der Waals surface area (Å²) in [6.07, 6.45) is 0.524. The van der Waals surface area contributed by atoms with Gasteiger partial charge in [0.05, 0.1) is 27.3 Å². The highest BCUT2D eigenvalue weighted by molar-refractivity contribution is 8.00. The maximum absolute atomic E-state index is 12.6. The van der Waals surface area contributed by atoms with Gasteiger partial charge in [-0.3, -0.25) is 4.79 Å². The van der Waals surface area contributed by atoms with Crippen LogP contribution in [0.25, 0.3) is 10.9 Å². The van der Waals surface area contributed by atoms with Crippen LogP contribution in [-0.4, -0.2) is 54.1 Å². The van der Waals surface area contributed by atoms with Crippen molar-refractivity contribution < 1.29 is 13.2 Å². The number of sulfone groups is 1. The van der Waals surface area contributed by atoms with E-state index in [0.29, 0.717) is 6.42 Å². The summed E-state index contributed by atoms with van der Waals surface area (Å²) in [6, 6.07) is 11.5. The molecule has 2 unspecified atom stereocenters. The number of rotatable bonds is 4. The highest BCUT2D eigenvalue weighted by Crippen LogP contribution is 2.26. The van der Waals surface area contributed by atoms with E-state index in [1.54, 1.807) is 11.9 Å². The monoisotopic (exact) mass is 364 g/mol. The van der Waals surface area contributed by atoms with Crippen LogP contribution in [0, 0.1) is 0 Å². The summed E-state index contributed by atoms with van der Waals surface area (Å²) in [6.45, 7) is 1.84. The molecule has 1 amide bonds. The predicted octanol–water partition coefficient (Wildman–Crippen LogP) is 2.36. The molecule has 7 heteroatoms. The molecule has 0 bridgehead atoms. The average Bonchev–Trinajstić information content (AvgIpc) is 2.93. The molecule has 1 aliphatic heterocycles. The van der Waals surface area contributed by atoms with Crippen molar-refractivity contribution in [1.82, 2.24) is 9.88 Å². The molecule has 2 aromatic rings. The normalized spacial score (nSPS) is 20.8. The zero-order valence-electron chi connectivity index (χ0n) is 13.7. The Kier molecular flexibility index (Phi) is 4.83. The molecule has 1 aromatic heterocycles. The molecule has 24 heavy (non-hydrogen) atoms. The van der Waals surface area contributed by atoms with Gasteiger partial charge in [-0.25, -0.2) is 13.4 Å². The van der Waals surface area contributed by atoms with Crippen LogP contribution in [0.2, 0.25) is 0 Å². The molecule has 128 valence electrons. The van der Waals surface area contributed by atoms with E-state index in [0.717, 1.165) is 15.9 Å². The number of benzene rings is 1. The van der Waals surface area contributed by atoms with Crippen molar-refractivity contribution in [3.63, 3.8) is 0 Å². The number of hydrogen-bond acceptors (Lipinski definition) is 5. The molecule has 1 aliphatic rings. The Hall–Kier alpha value is -1.60. The van der Waals surface area contributed by atoms with Gasteiger partial charge >= 0.3 is 0 Å². The van der Waals surface area contributed by atoms with E-state index in [1.165, 1.54) is 11.8 Å². The number of amides is 1. The van der Waals surface area contributed by atoms with Crippen molar-refractivity contribution in [2.24, 2.45) is 0 Å². The van der Waals surface area contributed by atoms with Crippen LogP contribution in [-0.2, 0) is 14.6 Å². The SMILES string of the molecule is CC(Sc1ccc2ccccc2n1)C(=O)N(C)C1CCS(=O)(=O)C1. The van der Waals surface area contributed by atoms with Crippen LogP contribution in [0.3, 0.4) is 0 Å². The van der Waals surface area contributed by atoms with Crippen molar-refractivity contribution in [2.45, 2.75) is 29.7 Å². The lowest BCUT2D eigenvalue weighted by Gasteiger charge is -2.26. The number of nitrogens with zero attached hydrogens (tertiary/aromatic N) is 2. The Morgan fingerprint density at radius 1 is 1.29 bits per heavy atom. The second-order valence-electron chi connectivity index (χ2n) is 6.11. The van der Waals surface area contributed by atoms with Crippen molar-refractivity contribution >= 4 is 38.4 Å². The Morgan fingerprint density at radius 3 is 2.75 bits per heavy atom. The van der Waals surface area contributed by atoms with Gasteiger partial charge < -0.3 is 4.90 Å². The molecule has 3 rings (SSSR count). The second kappa shape index (κ2) is 6.72.